The first-order valence-electron chi connectivity index (χ1n) is 7.80. The molecule has 0 saturated heterocycles. The number of carbonyl (C=O) groups is 1. The van der Waals surface area contributed by atoms with E-state index in [4.69, 9.17) is 0 Å². The van der Waals surface area contributed by atoms with Gasteiger partial charge >= 0.3 is 0 Å². The first kappa shape index (κ1) is 17.0. The van der Waals surface area contributed by atoms with Crippen molar-refractivity contribution in [2.45, 2.75) is 26.7 Å². The van der Waals surface area contributed by atoms with Crippen LogP contribution in [-0.4, -0.2) is 55.5 Å². The summed E-state index contributed by atoms with van der Waals surface area (Å²) in [6.07, 6.45) is 1.57. The first-order valence-corrected chi connectivity index (χ1v) is 9.41. The molecule has 0 spiro atoms. The van der Waals surface area contributed by atoms with Crippen LogP contribution in [0.3, 0.4) is 0 Å². The Kier molecular flexibility index (Phi) is 5.58. The number of benzene rings is 1. The lowest BCUT2D eigenvalue weighted by Crippen LogP contribution is -2.42. The Hall–Kier alpha value is -1.40. The van der Waals surface area contributed by atoms with Crippen molar-refractivity contribution in [1.82, 2.24) is 9.21 Å². The van der Waals surface area contributed by atoms with E-state index in [0.717, 1.165) is 12.8 Å². The normalized spacial score (nSPS) is 15.5. The smallest absolute Gasteiger partial charge is 0.239 e. The Balaban J connectivity index is 2.03. The third kappa shape index (κ3) is 3.87. The Bertz CT molecular complexity index is 597. The van der Waals surface area contributed by atoms with Gasteiger partial charge in [0, 0.05) is 26.2 Å². The zero-order valence-electron chi connectivity index (χ0n) is 13.3. The van der Waals surface area contributed by atoms with E-state index in [2.05, 4.69) is 12.1 Å². The van der Waals surface area contributed by atoms with Gasteiger partial charge in [-0.25, -0.2) is 12.7 Å². The van der Waals surface area contributed by atoms with Crippen molar-refractivity contribution in [3.63, 3.8) is 0 Å². The average Bonchev–Trinajstić information content (AvgIpc) is 2.70. The quantitative estimate of drug-likeness (QED) is 0.820. The molecule has 1 heterocycles. The second kappa shape index (κ2) is 7.24. The van der Waals surface area contributed by atoms with E-state index >= 15 is 0 Å². The molecule has 1 aromatic carbocycles. The lowest BCUT2D eigenvalue weighted by Gasteiger charge is -2.23. The number of hydrogen-bond acceptors (Lipinski definition) is 3. The van der Waals surface area contributed by atoms with Gasteiger partial charge in [0.05, 0.1) is 0 Å². The zero-order chi connectivity index (χ0) is 16.2. The predicted molar refractivity (Wildman–Crippen MR) is 87.1 cm³/mol. The molecular formula is C16H24N2O3S. The van der Waals surface area contributed by atoms with Crippen LogP contribution in [0.15, 0.2) is 24.3 Å². The molecule has 0 saturated carbocycles. The van der Waals surface area contributed by atoms with Crippen molar-refractivity contribution in [3.8, 4) is 0 Å². The summed E-state index contributed by atoms with van der Waals surface area (Å²) in [6, 6.07) is 8.16. The lowest BCUT2D eigenvalue weighted by molar-refractivity contribution is -0.128. The summed E-state index contributed by atoms with van der Waals surface area (Å²) in [7, 11) is -3.51. The van der Waals surface area contributed by atoms with Gasteiger partial charge in [-0.3, -0.25) is 4.79 Å². The predicted octanol–water partition coefficient (Wildman–Crippen LogP) is 1.29. The molecule has 0 N–H and O–H groups in total. The lowest BCUT2D eigenvalue weighted by atomic mass is 10.0. The third-order valence-corrected chi connectivity index (χ3v) is 6.09. The second-order valence-corrected chi connectivity index (χ2v) is 7.46. The van der Waals surface area contributed by atoms with E-state index in [-0.39, 0.29) is 5.91 Å². The van der Waals surface area contributed by atoms with Gasteiger partial charge in [-0.2, -0.15) is 0 Å². The van der Waals surface area contributed by atoms with Gasteiger partial charge in [-0.05, 0) is 24.0 Å². The number of nitrogens with zero attached hydrogens (tertiary/aromatic N) is 2. The Morgan fingerprint density at radius 3 is 2.05 bits per heavy atom. The van der Waals surface area contributed by atoms with Crippen LogP contribution in [-0.2, 0) is 27.7 Å². The number of fused-ring (bicyclic) bond motifs is 1. The summed E-state index contributed by atoms with van der Waals surface area (Å²) < 4.78 is 25.8. The maximum Gasteiger partial charge on any atom is 0.239 e. The molecular weight excluding hydrogens is 300 g/mol. The van der Waals surface area contributed by atoms with E-state index in [1.165, 1.54) is 15.4 Å². The molecule has 0 aromatic heterocycles. The maximum atomic E-state index is 12.4. The molecule has 0 bridgehead atoms. The maximum absolute atomic E-state index is 12.4. The number of rotatable bonds is 5. The number of amides is 1. The molecule has 2 rings (SSSR count). The van der Waals surface area contributed by atoms with Gasteiger partial charge < -0.3 is 4.90 Å². The van der Waals surface area contributed by atoms with Gasteiger partial charge in [-0.1, -0.05) is 38.1 Å². The topological polar surface area (TPSA) is 57.7 Å². The highest BCUT2D eigenvalue weighted by molar-refractivity contribution is 7.89. The number of sulfonamides is 1. The molecule has 1 amide bonds. The van der Waals surface area contributed by atoms with Crippen LogP contribution in [0.1, 0.15) is 25.0 Å². The molecule has 1 aliphatic heterocycles. The van der Waals surface area contributed by atoms with Crippen LogP contribution in [0.25, 0.3) is 0 Å². The van der Waals surface area contributed by atoms with Gasteiger partial charge in [0.2, 0.25) is 15.9 Å². The molecule has 5 nitrogen and oxygen atoms in total. The number of carbonyl (C=O) groups excluding carboxylic acids is 1. The van der Waals surface area contributed by atoms with Crippen LogP contribution in [0.2, 0.25) is 0 Å². The molecule has 6 heteroatoms. The Morgan fingerprint density at radius 2 is 1.59 bits per heavy atom. The Morgan fingerprint density at radius 1 is 1.09 bits per heavy atom. The van der Waals surface area contributed by atoms with Crippen molar-refractivity contribution < 1.29 is 13.2 Å². The van der Waals surface area contributed by atoms with Crippen LogP contribution in [0.4, 0.5) is 0 Å². The molecule has 22 heavy (non-hydrogen) atoms. The molecule has 1 aromatic rings. The molecule has 0 radical (unpaired) electrons. The SMILES string of the molecule is CCN(CC)S(=O)(=O)CC(=O)N1CCc2ccccc2CC1. The summed E-state index contributed by atoms with van der Waals surface area (Å²) in [5.41, 5.74) is 2.51. The van der Waals surface area contributed by atoms with E-state index in [0.29, 0.717) is 26.2 Å². The van der Waals surface area contributed by atoms with Gasteiger partial charge in [-0.15, -0.1) is 0 Å². The van der Waals surface area contributed by atoms with Crippen molar-refractivity contribution in [3.05, 3.63) is 35.4 Å². The van der Waals surface area contributed by atoms with E-state index < -0.39 is 15.8 Å². The standard InChI is InChI=1S/C16H24N2O3S/c1-3-18(4-2)22(20,21)13-16(19)17-11-9-14-7-5-6-8-15(14)10-12-17/h5-8H,3-4,9-13H2,1-2H3. The largest absolute Gasteiger partial charge is 0.341 e. The van der Waals surface area contributed by atoms with Crippen LogP contribution >= 0.6 is 0 Å². The molecule has 1 aliphatic rings. The van der Waals surface area contributed by atoms with Gasteiger partial charge in [0.25, 0.3) is 0 Å². The van der Waals surface area contributed by atoms with Crippen LogP contribution in [0, 0.1) is 0 Å². The minimum absolute atomic E-state index is 0.292. The molecule has 0 unspecified atom stereocenters. The first-order chi connectivity index (χ1) is 10.5. The fraction of sp³-hybridized carbons (Fsp3) is 0.562. The molecule has 0 fully saturated rings. The molecule has 0 atom stereocenters. The zero-order valence-corrected chi connectivity index (χ0v) is 14.1. The summed E-state index contributed by atoms with van der Waals surface area (Å²) >= 11 is 0. The van der Waals surface area contributed by atoms with Crippen molar-refractivity contribution in [2.75, 3.05) is 31.9 Å². The van der Waals surface area contributed by atoms with Crippen LogP contribution < -0.4 is 0 Å². The fourth-order valence-corrected chi connectivity index (χ4v) is 4.34. The summed E-state index contributed by atoms with van der Waals surface area (Å²) in [6.45, 7) is 5.55. The fourth-order valence-electron chi connectivity index (χ4n) is 2.87. The van der Waals surface area contributed by atoms with Crippen LogP contribution in [0.5, 0.6) is 0 Å². The second-order valence-electron chi connectivity index (χ2n) is 5.49. The number of hydrogen-bond donors (Lipinski definition) is 0. The Labute approximate surface area is 133 Å². The highest BCUT2D eigenvalue weighted by Crippen LogP contribution is 2.16. The minimum atomic E-state index is -3.51. The van der Waals surface area contributed by atoms with E-state index in [1.807, 2.05) is 12.1 Å². The van der Waals surface area contributed by atoms with Crippen molar-refractivity contribution >= 4 is 15.9 Å². The van der Waals surface area contributed by atoms with E-state index in [9.17, 15) is 13.2 Å². The summed E-state index contributed by atoms with van der Waals surface area (Å²) in [5, 5.41) is 0. The van der Waals surface area contributed by atoms with Gasteiger partial charge in [0.1, 0.15) is 5.75 Å². The van der Waals surface area contributed by atoms with Crippen molar-refractivity contribution in [2.24, 2.45) is 0 Å². The summed E-state index contributed by atoms with van der Waals surface area (Å²) in [5.74, 6) is -0.718. The molecule has 0 aliphatic carbocycles. The minimum Gasteiger partial charge on any atom is -0.341 e. The van der Waals surface area contributed by atoms with Gasteiger partial charge in [0.15, 0.2) is 0 Å². The summed E-state index contributed by atoms with van der Waals surface area (Å²) in [4.78, 5) is 14.1. The molecule has 122 valence electrons. The average molecular weight is 324 g/mol. The highest BCUT2D eigenvalue weighted by atomic mass is 32.2. The third-order valence-electron chi connectivity index (χ3n) is 4.18. The van der Waals surface area contributed by atoms with E-state index in [1.54, 1.807) is 18.7 Å². The van der Waals surface area contributed by atoms with Crippen molar-refractivity contribution in [1.29, 1.82) is 0 Å². The monoisotopic (exact) mass is 324 g/mol. The highest BCUT2D eigenvalue weighted by Gasteiger charge is 2.27.